The lowest BCUT2D eigenvalue weighted by atomic mass is 10.0. The third-order valence-corrected chi connectivity index (χ3v) is 5.32. The van der Waals surface area contributed by atoms with Gasteiger partial charge in [-0.2, -0.15) is 0 Å². The highest BCUT2D eigenvalue weighted by molar-refractivity contribution is 6.33. The number of pyridine rings is 2. The number of rotatable bonds is 7. The lowest BCUT2D eigenvalue weighted by molar-refractivity contribution is -0.147. The largest absolute Gasteiger partial charge is 0.460 e. The molecular formula is C20H24ClN5O5. The third-order valence-electron chi connectivity index (χ3n) is 5.00. The van der Waals surface area contributed by atoms with E-state index in [-0.39, 0.29) is 47.7 Å². The van der Waals surface area contributed by atoms with Crippen molar-refractivity contribution in [1.82, 2.24) is 20.2 Å². The molecule has 2 aromatic heterocycles. The van der Waals surface area contributed by atoms with Crippen LogP contribution in [0, 0.1) is 0 Å². The number of aromatic nitrogens is 2. The molecule has 0 radical (unpaired) electrons. The van der Waals surface area contributed by atoms with Crippen LogP contribution in [-0.4, -0.2) is 65.6 Å². The molecule has 2 aromatic rings. The molecule has 0 saturated carbocycles. The van der Waals surface area contributed by atoms with Gasteiger partial charge in [0.2, 0.25) is 0 Å². The molecule has 1 fully saturated rings. The predicted molar refractivity (Wildman–Crippen MR) is 114 cm³/mol. The maximum Gasteiger partial charge on any atom is 0.320 e. The van der Waals surface area contributed by atoms with Crippen LogP contribution >= 0.6 is 11.6 Å². The van der Waals surface area contributed by atoms with E-state index in [9.17, 15) is 14.4 Å². The SMILES string of the molecule is CO[C@@H]1CN(CC(=O)OCc2cccnc2)CC[C@@H]1NC(=O)c1cc(Cl)c(N)[nH]c1=O. The van der Waals surface area contributed by atoms with Crippen LogP contribution < -0.4 is 16.6 Å². The summed E-state index contributed by atoms with van der Waals surface area (Å²) in [5.41, 5.74) is 5.60. The number of ether oxygens (including phenoxy) is 2. The molecule has 1 saturated heterocycles. The van der Waals surface area contributed by atoms with Gasteiger partial charge in [0.1, 0.15) is 18.0 Å². The van der Waals surface area contributed by atoms with Gasteiger partial charge in [0.05, 0.1) is 23.7 Å². The van der Waals surface area contributed by atoms with E-state index >= 15 is 0 Å². The minimum atomic E-state index is -0.623. The van der Waals surface area contributed by atoms with Crippen molar-refractivity contribution < 1.29 is 19.1 Å². The summed E-state index contributed by atoms with van der Waals surface area (Å²) in [6, 6.07) is 4.50. The predicted octanol–water partition coefficient (Wildman–Crippen LogP) is 0.568. The van der Waals surface area contributed by atoms with E-state index in [1.165, 1.54) is 13.2 Å². The summed E-state index contributed by atoms with van der Waals surface area (Å²) >= 11 is 5.91. The molecule has 4 N–H and O–H groups in total. The van der Waals surface area contributed by atoms with Crippen molar-refractivity contribution in [2.24, 2.45) is 0 Å². The van der Waals surface area contributed by atoms with Gasteiger partial charge in [-0.3, -0.25) is 24.3 Å². The van der Waals surface area contributed by atoms with Gasteiger partial charge in [-0.1, -0.05) is 17.7 Å². The van der Waals surface area contributed by atoms with Crippen LogP contribution in [0.15, 0.2) is 35.4 Å². The van der Waals surface area contributed by atoms with Gasteiger partial charge in [-0.25, -0.2) is 0 Å². The number of piperidine rings is 1. The number of likely N-dealkylation sites (tertiary alicyclic amines) is 1. The van der Waals surface area contributed by atoms with E-state index in [0.29, 0.717) is 19.5 Å². The number of carbonyl (C=O) groups excluding carboxylic acids is 2. The first-order chi connectivity index (χ1) is 14.9. The molecule has 3 rings (SSSR count). The van der Waals surface area contributed by atoms with E-state index < -0.39 is 11.5 Å². The zero-order valence-electron chi connectivity index (χ0n) is 17.0. The molecule has 2 atom stereocenters. The third kappa shape index (κ3) is 6.03. The van der Waals surface area contributed by atoms with Crippen molar-refractivity contribution in [2.45, 2.75) is 25.2 Å². The highest BCUT2D eigenvalue weighted by Crippen LogP contribution is 2.17. The Hall–Kier alpha value is -2.95. The molecule has 0 unspecified atom stereocenters. The first-order valence-electron chi connectivity index (χ1n) is 9.66. The van der Waals surface area contributed by atoms with Gasteiger partial charge in [0, 0.05) is 38.2 Å². The Bertz CT molecular complexity index is 984. The molecule has 11 heteroatoms. The molecule has 3 heterocycles. The number of nitrogens with one attached hydrogen (secondary N) is 2. The summed E-state index contributed by atoms with van der Waals surface area (Å²) in [6.45, 7) is 1.23. The standard InChI is InChI=1S/C20H24ClN5O5/c1-30-16-9-26(10-17(27)31-11-12-3-2-5-23-8-12)6-4-15(16)24-19(28)13-7-14(21)18(22)25-20(13)29/h2-3,5,7-8,15-16H,4,6,9-11H2,1H3,(H,24,28)(H3,22,25,29)/t15-,16+/m0/s1. The second kappa shape index (κ2) is 10.4. The van der Waals surface area contributed by atoms with Gasteiger partial charge in [0.15, 0.2) is 0 Å². The zero-order valence-corrected chi connectivity index (χ0v) is 17.7. The molecule has 1 aliphatic heterocycles. The average molecular weight is 450 g/mol. The minimum absolute atomic E-state index is 0.00158. The Morgan fingerprint density at radius 2 is 2.26 bits per heavy atom. The maximum absolute atomic E-state index is 12.6. The lowest BCUT2D eigenvalue weighted by Crippen LogP contribution is -2.56. The van der Waals surface area contributed by atoms with Crippen LogP contribution in [-0.2, 0) is 20.9 Å². The Kier molecular flexibility index (Phi) is 7.61. The molecule has 0 aliphatic carbocycles. The van der Waals surface area contributed by atoms with Crippen molar-refractivity contribution in [3.05, 3.63) is 57.1 Å². The number of H-pyrrole nitrogens is 1. The van der Waals surface area contributed by atoms with E-state index in [1.54, 1.807) is 18.5 Å². The smallest absolute Gasteiger partial charge is 0.320 e. The fraction of sp³-hybridized carbons (Fsp3) is 0.400. The number of carbonyl (C=O) groups is 2. The Morgan fingerprint density at radius 3 is 2.97 bits per heavy atom. The number of aromatic amines is 1. The molecule has 1 aliphatic rings. The van der Waals surface area contributed by atoms with Gasteiger partial charge in [-0.05, 0) is 18.6 Å². The molecule has 1 amide bonds. The molecule has 0 spiro atoms. The number of hydrogen-bond donors (Lipinski definition) is 3. The Morgan fingerprint density at radius 1 is 1.45 bits per heavy atom. The normalized spacial score (nSPS) is 19.0. The fourth-order valence-electron chi connectivity index (χ4n) is 3.34. The topological polar surface area (TPSA) is 140 Å². The fourth-order valence-corrected chi connectivity index (χ4v) is 3.49. The number of hydrogen-bond acceptors (Lipinski definition) is 8. The summed E-state index contributed by atoms with van der Waals surface area (Å²) in [7, 11) is 1.53. The Labute approximate surface area is 183 Å². The lowest BCUT2D eigenvalue weighted by Gasteiger charge is -2.37. The number of nitrogens with zero attached hydrogens (tertiary/aromatic N) is 2. The zero-order chi connectivity index (χ0) is 22.4. The average Bonchev–Trinajstić information content (AvgIpc) is 2.76. The monoisotopic (exact) mass is 449 g/mol. The van der Waals surface area contributed by atoms with Crippen LogP contribution in [0.2, 0.25) is 5.02 Å². The van der Waals surface area contributed by atoms with Gasteiger partial charge in [-0.15, -0.1) is 0 Å². The second-order valence-corrected chi connectivity index (χ2v) is 7.58. The Balaban J connectivity index is 1.53. The summed E-state index contributed by atoms with van der Waals surface area (Å²) in [5.74, 6) is -0.925. The molecular weight excluding hydrogens is 426 g/mol. The summed E-state index contributed by atoms with van der Waals surface area (Å²) in [6.07, 6.45) is 3.45. The van der Waals surface area contributed by atoms with Crippen molar-refractivity contribution in [3.63, 3.8) is 0 Å². The van der Waals surface area contributed by atoms with Crippen molar-refractivity contribution >= 4 is 29.3 Å². The van der Waals surface area contributed by atoms with Crippen LogP contribution in [0.25, 0.3) is 0 Å². The van der Waals surface area contributed by atoms with E-state index in [2.05, 4.69) is 15.3 Å². The molecule has 0 bridgehead atoms. The minimum Gasteiger partial charge on any atom is -0.460 e. The highest BCUT2D eigenvalue weighted by Gasteiger charge is 2.32. The second-order valence-electron chi connectivity index (χ2n) is 7.17. The summed E-state index contributed by atoms with van der Waals surface area (Å²) in [5, 5.41) is 2.90. The van der Waals surface area contributed by atoms with E-state index in [0.717, 1.165) is 5.56 Å². The van der Waals surface area contributed by atoms with Crippen molar-refractivity contribution in [3.8, 4) is 0 Å². The first-order valence-corrected chi connectivity index (χ1v) is 10.0. The van der Waals surface area contributed by atoms with E-state index in [1.807, 2.05) is 11.0 Å². The van der Waals surface area contributed by atoms with E-state index in [4.69, 9.17) is 26.8 Å². The number of halogens is 1. The van der Waals surface area contributed by atoms with Crippen LogP contribution in [0.4, 0.5) is 5.82 Å². The quantitative estimate of drug-likeness (QED) is 0.521. The first kappa shape index (κ1) is 22.7. The number of esters is 1. The molecule has 10 nitrogen and oxygen atoms in total. The van der Waals surface area contributed by atoms with Crippen LogP contribution in [0.1, 0.15) is 22.3 Å². The van der Waals surface area contributed by atoms with Gasteiger partial charge < -0.3 is 25.5 Å². The molecule has 0 aromatic carbocycles. The number of anilines is 1. The number of nitrogens with two attached hydrogens (primary N) is 1. The number of amides is 1. The maximum atomic E-state index is 12.6. The molecule has 31 heavy (non-hydrogen) atoms. The van der Waals surface area contributed by atoms with Crippen LogP contribution in [0.3, 0.4) is 0 Å². The number of nitrogen functional groups attached to an aromatic ring is 1. The van der Waals surface area contributed by atoms with Crippen molar-refractivity contribution in [1.29, 1.82) is 0 Å². The van der Waals surface area contributed by atoms with Gasteiger partial charge >= 0.3 is 5.97 Å². The number of methoxy groups -OCH3 is 1. The van der Waals surface area contributed by atoms with Crippen molar-refractivity contribution in [2.75, 3.05) is 32.5 Å². The van der Waals surface area contributed by atoms with Gasteiger partial charge in [0.25, 0.3) is 11.5 Å². The summed E-state index contributed by atoms with van der Waals surface area (Å²) < 4.78 is 10.8. The molecule has 166 valence electrons. The van der Waals surface area contributed by atoms with Crippen LogP contribution in [0.5, 0.6) is 0 Å². The highest BCUT2D eigenvalue weighted by atomic mass is 35.5. The summed E-state index contributed by atoms with van der Waals surface area (Å²) in [4.78, 5) is 45.0.